The number of carbonyl (C=O) groups is 1. The number of aromatic nitrogens is 5. The van der Waals surface area contributed by atoms with Crippen molar-refractivity contribution >= 4 is 34.5 Å². The predicted molar refractivity (Wildman–Crippen MR) is 125 cm³/mol. The maximum Gasteiger partial charge on any atom is 0.233 e. The average molecular weight is 446 g/mol. The van der Waals surface area contributed by atoms with E-state index in [0.29, 0.717) is 21.9 Å². The van der Waals surface area contributed by atoms with Gasteiger partial charge in [0, 0.05) is 31.9 Å². The standard InChI is InChI=1S/C23H23N7OS/c1-17-7-9-19(10-8-17)30-22-21(26-27-30)23(25-16-24-22)32-15-20(31)29-13-11-28(12-14-29)18-5-3-2-4-6-18/h2-10,16H,11-15H2,1H3. The van der Waals surface area contributed by atoms with Crippen molar-refractivity contribution in [2.24, 2.45) is 0 Å². The number of anilines is 1. The highest BCUT2D eigenvalue weighted by atomic mass is 32.2. The van der Waals surface area contributed by atoms with E-state index in [1.54, 1.807) is 4.68 Å². The molecule has 162 valence electrons. The smallest absolute Gasteiger partial charge is 0.233 e. The molecule has 1 aliphatic heterocycles. The van der Waals surface area contributed by atoms with E-state index in [-0.39, 0.29) is 5.91 Å². The van der Waals surface area contributed by atoms with E-state index in [0.717, 1.165) is 31.9 Å². The van der Waals surface area contributed by atoms with Crippen LogP contribution in [0.5, 0.6) is 0 Å². The molecule has 9 heteroatoms. The third-order valence-electron chi connectivity index (χ3n) is 5.57. The Labute approximate surface area is 190 Å². The third kappa shape index (κ3) is 4.16. The topological polar surface area (TPSA) is 80.0 Å². The Morgan fingerprint density at radius 3 is 2.44 bits per heavy atom. The first-order valence-electron chi connectivity index (χ1n) is 10.5. The van der Waals surface area contributed by atoms with E-state index in [2.05, 4.69) is 37.3 Å². The Kier molecular flexibility index (Phi) is 5.72. The molecule has 0 atom stereocenters. The van der Waals surface area contributed by atoms with E-state index >= 15 is 0 Å². The van der Waals surface area contributed by atoms with Crippen molar-refractivity contribution in [1.29, 1.82) is 0 Å². The quantitative estimate of drug-likeness (QED) is 0.345. The molecule has 0 N–H and O–H groups in total. The second-order valence-electron chi connectivity index (χ2n) is 7.68. The Balaban J connectivity index is 1.24. The zero-order valence-corrected chi connectivity index (χ0v) is 18.6. The van der Waals surface area contributed by atoms with E-state index in [1.807, 2.05) is 54.3 Å². The van der Waals surface area contributed by atoms with Crippen LogP contribution in [0.3, 0.4) is 0 Å². The lowest BCUT2D eigenvalue weighted by atomic mass is 10.2. The molecule has 1 fully saturated rings. The Bertz CT molecular complexity index is 1220. The van der Waals surface area contributed by atoms with Crippen molar-refractivity contribution in [3.05, 3.63) is 66.5 Å². The number of hydrogen-bond acceptors (Lipinski definition) is 7. The van der Waals surface area contributed by atoms with Gasteiger partial charge in [-0.05, 0) is 31.2 Å². The van der Waals surface area contributed by atoms with Gasteiger partial charge in [0.15, 0.2) is 11.2 Å². The number of rotatable bonds is 5. The SMILES string of the molecule is Cc1ccc(-n2nnc3c(SCC(=O)N4CCN(c5ccccc5)CC4)ncnc32)cc1. The molecule has 8 nitrogen and oxygen atoms in total. The molecule has 0 saturated carbocycles. The highest BCUT2D eigenvalue weighted by Crippen LogP contribution is 2.25. The first-order valence-corrected chi connectivity index (χ1v) is 11.5. The second-order valence-corrected chi connectivity index (χ2v) is 8.64. The van der Waals surface area contributed by atoms with E-state index in [9.17, 15) is 4.79 Å². The van der Waals surface area contributed by atoms with Crippen molar-refractivity contribution in [2.45, 2.75) is 11.9 Å². The van der Waals surface area contributed by atoms with Gasteiger partial charge in [-0.15, -0.1) is 5.10 Å². The number of nitrogens with zero attached hydrogens (tertiary/aromatic N) is 7. The predicted octanol–water partition coefficient (Wildman–Crippen LogP) is 2.96. The first kappa shape index (κ1) is 20.4. The van der Waals surface area contributed by atoms with Crippen LogP contribution in [0.25, 0.3) is 16.9 Å². The summed E-state index contributed by atoms with van der Waals surface area (Å²) in [5.74, 6) is 0.426. The molecule has 1 amide bonds. The van der Waals surface area contributed by atoms with E-state index in [1.165, 1.54) is 29.3 Å². The molecule has 3 heterocycles. The molecule has 32 heavy (non-hydrogen) atoms. The van der Waals surface area contributed by atoms with Crippen LogP contribution in [0.15, 0.2) is 66.0 Å². The molecular formula is C23H23N7OS. The largest absolute Gasteiger partial charge is 0.368 e. The van der Waals surface area contributed by atoms with E-state index in [4.69, 9.17) is 0 Å². The van der Waals surface area contributed by atoms with Crippen LogP contribution in [0.1, 0.15) is 5.56 Å². The van der Waals surface area contributed by atoms with Crippen molar-refractivity contribution in [2.75, 3.05) is 36.8 Å². The minimum atomic E-state index is 0.111. The number of thioether (sulfide) groups is 1. The molecule has 1 saturated heterocycles. The highest BCUT2D eigenvalue weighted by molar-refractivity contribution is 8.00. The number of aryl methyl sites for hydroxylation is 1. The summed E-state index contributed by atoms with van der Waals surface area (Å²) in [6.07, 6.45) is 1.50. The molecular weight excluding hydrogens is 422 g/mol. The monoisotopic (exact) mass is 445 g/mol. The van der Waals surface area contributed by atoms with Gasteiger partial charge < -0.3 is 9.80 Å². The maximum absolute atomic E-state index is 12.8. The lowest BCUT2D eigenvalue weighted by Gasteiger charge is -2.36. The minimum absolute atomic E-state index is 0.111. The zero-order valence-electron chi connectivity index (χ0n) is 17.8. The molecule has 2 aromatic carbocycles. The fraction of sp³-hybridized carbons (Fsp3) is 0.261. The van der Waals surface area contributed by atoms with Gasteiger partial charge >= 0.3 is 0 Å². The van der Waals surface area contributed by atoms with Gasteiger partial charge in [-0.2, -0.15) is 4.68 Å². The Morgan fingerprint density at radius 1 is 0.938 bits per heavy atom. The van der Waals surface area contributed by atoms with Crippen LogP contribution >= 0.6 is 11.8 Å². The van der Waals surface area contributed by atoms with Crippen molar-refractivity contribution in [1.82, 2.24) is 29.9 Å². The van der Waals surface area contributed by atoms with Crippen LogP contribution in [-0.4, -0.2) is 67.7 Å². The highest BCUT2D eigenvalue weighted by Gasteiger charge is 2.22. The number of amides is 1. The van der Waals surface area contributed by atoms with Crippen molar-refractivity contribution in [3.8, 4) is 5.69 Å². The number of benzene rings is 2. The van der Waals surface area contributed by atoms with Gasteiger partial charge in [-0.1, -0.05) is 52.9 Å². The first-order chi connectivity index (χ1) is 15.7. The molecule has 0 aliphatic carbocycles. The van der Waals surface area contributed by atoms with Crippen LogP contribution < -0.4 is 4.90 Å². The molecule has 0 bridgehead atoms. The normalized spacial score (nSPS) is 14.2. The van der Waals surface area contributed by atoms with Crippen molar-refractivity contribution < 1.29 is 4.79 Å². The molecule has 0 spiro atoms. The summed E-state index contributed by atoms with van der Waals surface area (Å²) >= 11 is 1.39. The Morgan fingerprint density at radius 2 is 1.69 bits per heavy atom. The van der Waals surface area contributed by atoms with Gasteiger partial charge in [0.25, 0.3) is 0 Å². The van der Waals surface area contributed by atoms with Crippen LogP contribution in [-0.2, 0) is 4.79 Å². The summed E-state index contributed by atoms with van der Waals surface area (Å²) < 4.78 is 1.70. The van der Waals surface area contributed by atoms with Gasteiger partial charge in [0.2, 0.25) is 5.91 Å². The minimum Gasteiger partial charge on any atom is -0.368 e. The third-order valence-corrected chi connectivity index (χ3v) is 6.53. The maximum atomic E-state index is 12.8. The molecule has 1 aliphatic rings. The zero-order chi connectivity index (χ0) is 21.9. The summed E-state index contributed by atoms with van der Waals surface area (Å²) in [6, 6.07) is 18.3. The van der Waals surface area contributed by atoms with Crippen LogP contribution in [0, 0.1) is 6.92 Å². The van der Waals surface area contributed by atoms with Crippen LogP contribution in [0.4, 0.5) is 5.69 Å². The van der Waals surface area contributed by atoms with Gasteiger partial charge in [0.05, 0.1) is 11.4 Å². The number of para-hydroxylation sites is 1. The average Bonchev–Trinajstić information content (AvgIpc) is 3.28. The lowest BCUT2D eigenvalue weighted by molar-refractivity contribution is -0.128. The summed E-state index contributed by atoms with van der Waals surface area (Å²) in [7, 11) is 0. The number of hydrogen-bond donors (Lipinski definition) is 0. The van der Waals surface area contributed by atoms with Crippen molar-refractivity contribution in [3.63, 3.8) is 0 Å². The summed E-state index contributed by atoms with van der Waals surface area (Å²) in [4.78, 5) is 25.8. The second kappa shape index (κ2) is 8.96. The summed E-state index contributed by atoms with van der Waals surface area (Å²) in [5, 5.41) is 9.22. The molecule has 5 rings (SSSR count). The fourth-order valence-electron chi connectivity index (χ4n) is 3.77. The van der Waals surface area contributed by atoms with Crippen LogP contribution in [0.2, 0.25) is 0 Å². The summed E-state index contributed by atoms with van der Waals surface area (Å²) in [6.45, 7) is 5.15. The van der Waals surface area contributed by atoms with E-state index < -0.39 is 0 Å². The molecule has 0 radical (unpaired) electrons. The number of fused-ring (bicyclic) bond motifs is 1. The molecule has 4 aromatic rings. The fourth-order valence-corrected chi connectivity index (χ4v) is 4.60. The lowest BCUT2D eigenvalue weighted by Crippen LogP contribution is -2.49. The number of piperazine rings is 1. The van der Waals surface area contributed by atoms with Gasteiger partial charge in [-0.3, -0.25) is 4.79 Å². The summed E-state index contributed by atoms with van der Waals surface area (Å²) in [5.41, 5.74) is 4.51. The van der Waals surface area contributed by atoms with Gasteiger partial charge in [0.1, 0.15) is 11.4 Å². The van der Waals surface area contributed by atoms with Gasteiger partial charge in [-0.25, -0.2) is 9.97 Å². The molecule has 2 aromatic heterocycles. The number of carbonyl (C=O) groups excluding carboxylic acids is 1. The Hall–Kier alpha value is -3.46. The molecule has 0 unspecified atom stereocenters.